The molecule has 2 aromatic heterocycles. The fourth-order valence-corrected chi connectivity index (χ4v) is 1.74. The highest BCUT2D eigenvalue weighted by molar-refractivity contribution is 6.03. The first-order valence-corrected chi connectivity index (χ1v) is 4.71. The highest BCUT2D eigenvalue weighted by Gasteiger charge is 2.10. The molecular formula is C10H8N6. The lowest BCUT2D eigenvalue weighted by atomic mass is 10.1. The number of para-hydroxylation sites is 1. The lowest BCUT2D eigenvalue weighted by Crippen LogP contribution is -2.13. The summed E-state index contributed by atoms with van der Waals surface area (Å²) in [5.74, 6) is -0.0365. The van der Waals surface area contributed by atoms with Gasteiger partial charge in [-0.15, -0.1) is 5.10 Å². The summed E-state index contributed by atoms with van der Waals surface area (Å²) in [6.45, 7) is 0. The third-order valence-electron chi connectivity index (χ3n) is 2.47. The van der Waals surface area contributed by atoms with Gasteiger partial charge in [0.15, 0.2) is 5.65 Å². The van der Waals surface area contributed by atoms with E-state index in [4.69, 9.17) is 11.1 Å². The molecule has 0 saturated carbocycles. The standard InChI is InChI=1S/C10H8N6/c11-9(12)7-5-6-3-1-2-4-8(6)16-10(7)13-14-15-16/h1-5H,(H3,11,12). The predicted molar refractivity (Wildman–Crippen MR) is 59.3 cm³/mol. The van der Waals surface area contributed by atoms with Gasteiger partial charge in [0.25, 0.3) is 0 Å². The van der Waals surface area contributed by atoms with Crippen molar-refractivity contribution < 1.29 is 0 Å². The van der Waals surface area contributed by atoms with Crippen molar-refractivity contribution in [1.82, 2.24) is 20.0 Å². The van der Waals surface area contributed by atoms with Crippen LogP contribution in [0.4, 0.5) is 0 Å². The summed E-state index contributed by atoms with van der Waals surface area (Å²) < 4.78 is 1.59. The summed E-state index contributed by atoms with van der Waals surface area (Å²) in [6, 6.07) is 9.51. The number of aromatic nitrogens is 4. The largest absolute Gasteiger partial charge is 0.384 e. The summed E-state index contributed by atoms with van der Waals surface area (Å²) in [6.07, 6.45) is 0. The minimum absolute atomic E-state index is 0.0365. The topological polar surface area (TPSA) is 93.0 Å². The van der Waals surface area contributed by atoms with Crippen LogP contribution < -0.4 is 5.73 Å². The molecule has 0 spiro atoms. The van der Waals surface area contributed by atoms with Crippen molar-refractivity contribution in [3.05, 3.63) is 35.9 Å². The van der Waals surface area contributed by atoms with Gasteiger partial charge < -0.3 is 5.73 Å². The maximum absolute atomic E-state index is 7.50. The van der Waals surface area contributed by atoms with Gasteiger partial charge in [0, 0.05) is 5.39 Å². The molecule has 2 heterocycles. The Morgan fingerprint density at radius 3 is 2.94 bits per heavy atom. The third-order valence-corrected chi connectivity index (χ3v) is 2.47. The van der Waals surface area contributed by atoms with Gasteiger partial charge in [-0.05, 0) is 22.6 Å². The number of fused-ring (bicyclic) bond motifs is 3. The van der Waals surface area contributed by atoms with Crippen LogP contribution >= 0.6 is 0 Å². The maximum Gasteiger partial charge on any atom is 0.190 e. The number of benzene rings is 1. The molecule has 16 heavy (non-hydrogen) atoms. The second-order valence-corrected chi connectivity index (χ2v) is 3.44. The minimum atomic E-state index is -0.0365. The van der Waals surface area contributed by atoms with E-state index < -0.39 is 0 Å². The van der Waals surface area contributed by atoms with Gasteiger partial charge in [0.05, 0.1) is 11.1 Å². The van der Waals surface area contributed by atoms with Crippen LogP contribution in [0.15, 0.2) is 30.3 Å². The van der Waals surface area contributed by atoms with E-state index in [0.29, 0.717) is 11.2 Å². The van der Waals surface area contributed by atoms with Crippen LogP contribution in [0, 0.1) is 5.41 Å². The first-order valence-electron chi connectivity index (χ1n) is 4.71. The molecule has 0 unspecified atom stereocenters. The van der Waals surface area contributed by atoms with Crippen molar-refractivity contribution in [2.75, 3.05) is 0 Å². The molecule has 3 aromatic rings. The number of nitrogen functional groups attached to an aromatic ring is 1. The quantitative estimate of drug-likeness (QED) is 0.455. The van der Waals surface area contributed by atoms with Crippen molar-refractivity contribution in [3.8, 4) is 0 Å². The molecule has 3 N–H and O–H groups in total. The number of tetrazole rings is 1. The van der Waals surface area contributed by atoms with Crippen molar-refractivity contribution in [3.63, 3.8) is 0 Å². The van der Waals surface area contributed by atoms with Gasteiger partial charge in [-0.1, -0.05) is 18.2 Å². The highest BCUT2D eigenvalue weighted by atomic mass is 15.5. The van der Waals surface area contributed by atoms with Crippen LogP contribution in [0.2, 0.25) is 0 Å². The molecule has 0 atom stereocenters. The van der Waals surface area contributed by atoms with E-state index in [-0.39, 0.29) is 5.84 Å². The first-order chi connectivity index (χ1) is 7.77. The highest BCUT2D eigenvalue weighted by Crippen LogP contribution is 2.18. The predicted octanol–water partition coefficient (Wildman–Crippen LogP) is 0.562. The van der Waals surface area contributed by atoms with Gasteiger partial charge in [-0.2, -0.15) is 4.52 Å². The average Bonchev–Trinajstić information content (AvgIpc) is 2.76. The van der Waals surface area contributed by atoms with Crippen molar-refractivity contribution in [2.24, 2.45) is 5.73 Å². The molecule has 0 bridgehead atoms. The van der Waals surface area contributed by atoms with Crippen LogP contribution in [0.25, 0.3) is 16.6 Å². The van der Waals surface area contributed by atoms with E-state index in [1.165, 1.54) is 0 Å². The maximum atomic E-state index is 7.50. The van der Waals surface area contributed by atoms with Gasteiger partial charge in [0.1, 0.15) is 5.84 Å². The Hall–Kier alpha value is -2.50. The molecule has 0 radical (unpaired) electrons. The van der Waals surface area contributed by atoms with E-state index >= 15 is 0 Å². The average molecular weight is 212 g/mol. The lowest BCUT2D eigenvalue weighted by molar-refractivity contribution is 0.841. The van der Waals surface area contributed by atoms with Crippen molar-refractivity contribution in [2.45, 2.75) is 0 Å². The number of pyridine rings is 1. The second kappa shape index (κ2) is 2.99. The number of amidine groups is 1. The van der Waals surface area contributed by atoms with Crippen LogP contribution in [0.1, 0.15) is 5.56 Å². The van der Waals surface area contributed by atoms with Crippen LogP contribution in [-0.4, -0.2) is 25.9 Å². The molecule has 3 rings (SSSR count). The van der Waals surface area contributed by atoms with E-state index in [1.54, 1.807) is 4.52 Å². The summed E-state index contributed by atoms with van der Waals surface area (Å²) in [5.41, 5.74) is 7.45. The minimum Gasteiger partial charge on any atom is -0.384 e. The SMILES string of the molecule is N=C(N)c1cc2ccccc2n2nnnc12. The van der Waals surface area contributed by atoms with Crippen molar-refractivity contribution in [1.29, 1.82) is 5.41 Å². The second-order valence-electron chi connectivity index (χ2n) is 3.44. The molecule has 78 valence electrons. The Kier molecular flexibility index (Phi) is 1.64. The smallest absolute Gasteiger partial charge is 0.190 e. The number of nitrogens with zero attached hydrogens (tertiary/aromatic N) is 4. The molecule has 0 amide bonds. The third kappa shape index (κ3) is 1.07. The van der Waals surface area contributed by atoms with E-state index in [0.717, 1.165) is 10.9 Å². The van der Waals surface area contributed by atoms with Crippen LogP contribution in [0.5, 0.6) is 0 Å². The first kappa shape index (κ1) is 8.78. The van der Waals surface area contributed by atoms with Crippen molar-refractivity contribution >= 4 is 22.4 Å². The summed E-state index contributed by atoms with van der Waals surface area (Å²) in [7, 11) is 0. The summed E-state index contributed by atoms with van der Waals surface area (Å²) in [4.78, 5) is 0. The molecule has 1 aromatic carbocycles. The van der Waals surface area contributed by atoms with Gasteiger partial charge in [-0.25, -0.2) is 0 Å². The number of hydrogen-bond donors (Lipinski definition) is 2. The molecule has 0 aliphatic heterocycles. The number of nitrogens with one attached hydrogen (secondary N) is 1. The number of nitrogens with two attached hydrogens (primary N) is 1. The molecule has 6 nitrogen and oxygen atoms in total. The molecule has 0 fully saturated rings. The van der Waals surface area contributed by atoms with Crippen LogP contribution in [-0.2, 0) is 0 Å². The fraction of sp³-hybridized carbons (Fsp3) is 0. The Morgan fingerprint density at radius 1 is 1.31 bits per heavy atom. The van der Waals surface area contributed by atoms with Gasteiger partial charge >= 0.3 is 0 Å². The summed E-state index contributed by atoms with van der Waals surface area (Å²) >= 11 is 0. The Bertz CT molecular complexity index is 699. The van der Waals surface area contributed by atoms with Crippen LogP contribution in [0.3, 0.4) is 0 Å². The van der Waals surface area contributed by atoms with E-state index in [1.807, 2.05) is 30.3 Å². The lowest BCUT2D eigenvalue weighted by Gasteiger charge is -2.03. The zero-order valence-corrected chi connectivity index (χ0v) is 8.25. The Labute approximate surface area is 90.2 Å². The number of rotatable bonds is 1. The molecule has 6 heteroatoms. The van der Waals surface area contributed by atoms with E-state index in [2.05, 4.69) is 15.5 Å². The molecule has 0 saturated heterocycles. The summed E-state index contributed by atoms with van der Waals surface area (Å²) in [5, 5.41) is 19.8. The normalized spacial score (nSPS) is 11.0. The number of hydrogen-bond acceptors (Lipinski definition) is 4. The van der Waals surface area contributed by atoms with Gasteiger partial charge in [-0.3, -0.25) is 5.41 Å². The van der Waals surface area contributed by atoms with E-state index in [9.17, 15) is 0 Å². The molecule has 0 aliphatic carbocycles. The monoisotopic (exact) mass is 212 g/mol. The molecule has 0 aliphatic rings. The van der Waals surface area contributed by atoms with Gasteiger partial charge in [0.2, 0.25) is 0 Å². The molecular weight excluding hydrogens is 204 g/mol. The zero-order valence-electron chi connectivity index (χ0n) is 8.25. The Morgan fingerprint density at radius 2 is 2.12 bits per heavy atom. The Balaban J connectivity index is 2.58. The zero-order chi connectivity index (χ0) is 11.1. The fourth-order valence-electron chi connectivity index (χ4n) is 1.74.